The van der Waals surface area contributed by atoms with E-state index < -0.39 is 0 Å². The molecule has 0 aliphatic carbocycles. The monoisotopic (exact) mass is 264 g/mol. The van der Waals surface area contributed by atoms with Crippen LogP contribution in [0, 0.1) is 0 Å². The molecule has 0 heterocycles. The molecule has 0 aromatic heterocycles. The summed E-state index contributed by atoms with van der Waals surface area (Å²) in [5, 5.41) is 2.64. The van der Waals surface area contributed by atoms with Crippen LogP contribution in [0.1, 0.15) is 0 Å². The lowest BCUT2D eigenvalue weighted by atomic mass is 10.3. The first-order valence-corrected chi connectivity index (χ1v) is 5.34. The number of anilines is 1. The van der Waals surface area contributed by atoms with E-state index in [1.165, 1.54) is 7.11 Å². The van der Waals surface area contributed by atoms with Crippen molar-refractivity contribution in [2.24, 2.45) is 27.2 Å². The molecule has 102 valence electrons. The predicted molar refractivity (Wildman–Crippen MR) is 74.0 cm³/mol. The minimum absolute atomic E-state index is 0.00263. The highest BCUT2D eigenvalue weighted by molar-refractivity contribution is 5.94. The summed E-state index contributed by atoms with van der Waals surface area (Å²) in [5.41, 5.74) is 17.0. The van der Waals surface area contributed by atoms with Gasteiger partial charge in [-0.15, -0.1) is 0 Å². The first-order valence-electron chi connectivity index (χ1n) is 5.34. The van der Waals surface area contributed by atoms with Gasteiger partial charge in [0, 0.05) is 12.8 Å². The number of carbonyl (C=O) groups excluding carboxylic acids is 1. The first-order chi connectivity index (χ1) is 9.01. The summed E-state index contributed by atoms with van der Waals surface area (Å²) in [6, 6.07) is 6.68. The number of ether oxygens (including phenoxy) is 1. The Bertz CT molecular complexity index is 490. The van der Waals surface area contributed by atoms with Gasteiger partial charge in [-0.3, -0.25) is 4.79 Å². The maximum atomic E-state index is 11.3. The van der Waals surface area contributed by atoms with Gasteiger partial charge in [0.05, 0.1) is 5.69 Å². The highest BCUT2D eigenvalue weighted by Crippen LogP contribution is 2.16. The highest BCUT2D eigenvalue weighted by atomic mass is 16.5. The number of hydrogen-bond donors (Lipinski definition) is 4. The van der Waals surface area contributed by atoms with Gasteiger partial charge in [0.2, 0.25) is 11.9 Å². The molecule has 0 saturated carbocycles. The van der Waals surface area contributed by atoms with Crippen LogP contribution < -0.4 is 22.5 Å². The number of nitrogens with zero attached hydrogens (tertiary/aromatic N) is 2. The third-order valence-electron chi connectivity index (χ3n) is 1.91. The molecule has 1 rings (SSSR count). The van der Waals surface area contributed by atoms with Crippen LogP contribution in [0.15, 0.2) is 34.3 Å². The molecular formula is C11H16N6O2. The smallest absolute Gasteiger partial charge is 0.250 e. The van der Waals surface area contributed by atoms with Crippen LogP contribution in [0.4, 0.5) is 11.4 Å². The van der Waals surface area contributed by atoms with Gasteiger partial charge in [-0.05, 0) is 24.3 Å². The van der Waals surface area contributed by atoms with Gasteiger partial charge in [-0.25, -0.2) is 4.99 Å². The molecule has 0 radical (unpaired) electrons. The molecule has 8 nitrogen and oxygen atoms in total. The molecule has 0 aliphatic heterocycles. The van der Waals surface area contributed by atoms with Crippen molar-refractivity contribution in [3.8, 4) is 0 Å². The summed E-state index contributed by atoms with van der Waals surface area (Å²) < 4.78 is 4.70. The number of nitrogens with one attached hydrogen (secondary N) is 1. The second-order valence-corrected chi connectivity index (χ2v) is 3.53. The minimum Gasteiger partial charge on any atom is -0.375 e. The average Bonchev–Trinajstić information content (AvgIpc) is 2.31. The van der Waals surface area contributed by atoms with E-state index in [0.29, 0.717) is 11.4 Å². The van der Waals surface area contributed by atoms with Crippen LogP contribution in [0.25, 0.3) is 0 Å². The maximum absolute atomic E-state index is 11.3. The number of amides is 1. The molecule has 0 fully saturated rings. The van der Waals surface area contributed by atoms with Gasteiger partial charge in [-0.1, -0.05) is 0 Å². The van der Waals surface area contributed by atoms with Crippen LogP contribution in [0.5, 0.6) is 0 Å². The Balaban J connectivity index is 2.71. The van der Waals surface area contributed by atoms with Gasteiger partial charge in [0.25, 0.3) is 0 Å². The molecule has 0 unspecified atom stereocenters. The lowest BCUT2D eigenvalue weighted by Crippen LogP contribution is -2.26. The van der Waals surface area contributed by atoms with Crippen molar-refractivity contribution in [1.82, 2.24) is 0 Å². The molecule has 7 N–H and O–H groups in total. The van der Waals surface area contributed by atoms with Crippen molar-refractivity contribution in [3.05, 3.63) is 24.3 Å². The van der Waals surface area contributed by atoms with Crippen LogP contribution in [0.2, 0.25) is 0 Å². The van der Waals surface area contributed by atoms with E-state index in [-0.39, 0.29) is 24.4 Å². The fraction of sp³-hybridized carbons (Fsp3) is 0.182. The second kappa shape index (κ2) is 6.97. The Morgan fingerprint density at radius 2 is 1.89 bits per heavy atom. The molecule has 1 amide bonds. The van der Waals surface area contributed by atoms with Gasteiger partial charge in [0.15, 0.2) is 5.96 Å². The molecule has 0 spiro atoms. The van der Waals surface area contributed by atoms with Crippen molar-refractivity contribution >= 4 is 29.2 Å². The topological polar surface area (TPSA) is 141 Å². The molecule has 0 bridgehead atoms. The number of rotatable bonds is 4. The zero-order chi connectivity index (χ0) is 14.3. The van der Waals surface area contributed by atoms with Crippen molar-refractivity contribution in [3.63, 3.8) is 0 Å². The average molecular weight is 264 g/mol. The number of methoxy groups -OCH3 is 1. The zero-order valence-corrected chi connectivity index (χ0v) is 10.5. The molecule has 19 heavy (non-hydrogen) atoms. The van der Waals surface area contributed by atoms with Gasteiger partial charge < -0.3 is 27.3 Å². The van der Waals surface area contributed by atoms with E-state index in [1.54, 1.807) is 24.3 Å². The molecule has 8 heteroatoms. The Labute approximate surface area is 110 Å². The zero-order valence-electron chi connectivity index (χ0n) is 10.5. The predicted octanol–water partition coefficient (Wildman–Crippen LogP) is -0.509. The summed E-state index contributed by atoms with van der Waals surface area (Å²) >= 11 is 0. The number of carbonyl (C=O) groups is 1. The summed E-state index contributed by atoms with van der Waals surface area (Å²) in [6.45, 7) is -0.00263. The highest BCUT2D eigenvalue weighted by Gasteiger charge is 2.01. The third kappa shape index (κ3) is 5.50. The number of benzene rings is 1. The Morgan fingerprint density at radius 3 is 2.42 bits per heavy atom. The standard InChI is InChI=1S/C11H16N6O2/c1-19-6-9(18)15-7-2-4-8(5-3-7)16-11(14)17-10(12)13/h2-5H,6H2,1H3,(H,15,18)(H6,12,13,14,16,17). The quantitative estimate of drug-likeness (QED) is 0.428. The molecule has 0 aliphatic rings. The van der Waals surface area contributed by atoms with Crippen LogP contribution in [0.3, 0.4) is 0 Å². The lowest BCUT2D eigenvalue weighted by molar-refractivity contribution is -0.119. The fourth-order valence-electron chi connectivity index (χ4n) is 1.24. The SMILES string of the molecule is COCC(=O)Nc1ccc(N=C(N)N=C(N)N)cc1. The van der Waals surface area contributed by atoms with Crippen LogP contribution in [-0.2, 0) is 9.53 Å². The van der Waals surface area contributed by atoms with Crippen LogP contribution >= 0.6 is 0 Å². The minimum atomic E-state index is -0.237. The number of nitrogens with two attached hydrogens (primary N) is 3. The van der Waals surface area contributed by atoms with Gasteiger partial charge in [-0.2, -0.15) is 4.99 Å². The summed E-state index contributed by atoms with van der Waals surface area (Å²) in [4.78, 5) is 18.8. The van der Waals surface area contributed by atoms with E-state index in [1.807, 2.05) is 0 Å². The van der Waals surface area contributed by atoms with Crippen molar-refractivity contribution in [1.29, 1.82) is 0 Å². The van der Waals surface area contributed by atoms with E-state index in [0.717, 1.165) is 0 Å². The summed E-state index contributed by atoms with van der Waals surface area (Å²) in [6.07, 6.45) is 0. The molecular weight excluding hydrogens is 248 g/mol. The molecule has 0 atom stereocenters. The van der Waals surface area contributed by atoms with E-state index in [9.17, 15) is 4.79 Å². The summed E-state index contributed by atoms with van der Waals surface area (Å²) in [7, 11) is 1.45. The molecule has 1 aromatic carbocycles. The van der Waals surface area contributed by atoms with Crippen molar-refractivity contribution < 1.29 is 9.53 Å². The third-order valence-corrected chi connectivity index (χ3v) is 1.91. The van der Waals surface area contributed by atoms with E-state index >= 15 is 0 Å². The van der Waals surface area contributed by atoms with Crippen LogP contribution in [-0.4, -0.2) is 31.5 Å². The number of guanidine groups is 2. The first kappa shape index (κ1) is 14.5. The summed E-state index contributed by atoms with van der Waals surface area (Å²) in [5.74, 6) is -0.445. The second-order valence-electron chi connectivity index (χ2n) is 3.53. The maximum Gasteiger partial charge on any atom is 0.250 e. The lowest BCUT2D eigenvalue weighted by Gasteiger charge is -2.04. The fourth-order valence-corrected chi connectivity index (χ4v) is 1.24. The Morgan fingerprint density at radius 1 is 1.26 bits per heavy atom. The number of hydrogen-bond acceptors (Lipinski definition) is 3. The normalized spacial score (nSPS) is 10.9. The van der Waals surface area contributed by atoms with Crippen molar-refractivity contribution in [2.75, 3.05) is 19.0 Å². The van der Waals surface area contributed by atoms with E-state index in [2.05, 4.69) is 15.3 Å². The van der Waals surface area contributed by atoms with E-state index in [4.69, 9.17) is 21.9 Å². The van der Waals surface area contributed by atoms with Gasteiger partial charge in [0.1, 0.15) is 6.61 Å². The Hall–Kier alpha value is -2.61. The molecule has 0 saturated heterocycles. The van der Waals surface area contributed by atoms with Crippen molar-refractivity contribution in [2.45, 2.75) is 0 Å². The molecule has 1 aromatic rings. The van der Waals surface area contributed by atoms with Gasteiger partial charge >= 0.3 is 0 Å². The Kier molecular flexibility index (Phi) is 5.30. The number of aliphatic imine (C=N–C) groups is 2. The largest absolute Gasteiger partial charge is 0.375 e.